The van der Waals surface area contributed by atoms with E-state index < -0.39 is 35.3 Å². The van der Waals surface area contributed by atoms with Gasteiger partial charge in [-0.3, -0.25) is 14.5 Å². The van der Waals surface area contributed by atoms with Crippen LogP contribution in [0.25, 0.3) is 5.57 Å². The zero-order valence-corrected chi connectivity index (χ0v) is 25.2. The van der Waals surface area contributed by atoms with Gasteiger partial charge < -0.3 is 15.1 Å². The van der Waals surface area contributed by atoms with Gasteiger partial charge in [-0.25, -0.2) is 14.4 Å². The fourth-order valence-corrected chi connectivity index (χ4v) is 6.47. The summed E-state index contributed by atoms with van der Waals surface area (Å²) < 4.78 is 57.3. The summed E-state index contributed by atoms with van der Waals surface area (Å²) in [6.07, 6.45) is 0.529. The number of carbonyl (C=O) groups is 2. The molecule has 3 aliphatic heterocycles. The number of nitrogens with zero attached hydrogens (tertiary/aromatic N) is 6. The van der Waals surface area contributed by atoms with E-state index in [0.29, 0.717) is 72.6 Å². The molecule has 1 unspecified atom stereocenters. The van der Waals surface area contributed by atoms with Crippen molar-refractivity contribution in [3.63, 3.8) is 0 Å². The summed E-state index contributed by atoms with van der Waals surface area (Å²) in [4.78, 5) is 39.4. The Morgan fingerprint density at radius 1 is 1.16 bits per heavy atom. The summed E-state index contributed by atoms with van der Waals surface area (Å²) in [5.41, 5.74) is 0.134. The smallest absolute Gasteiger partial charge is 0.367 e. The Balaban J connectivity index is 1.48. The van der Waals surface area contributed by atoms with Crippen LogP contribution in [-0.4, -0.2) is 79.4 Å². The van der Waals surface area contributed by atoms with Crippen molar-refractivity contribution in [3.8, 4) is 6.07 Å². The highest BCUT2D eigenvalue weighted by Gasteiger charge is 2.43. The van der Waals surface area contributed by atoms with Crippen LogP contribution in [0.5, 0.6) is 0 Å². The van der Waals surface area contributed by atoms with Gasteiger partial charge >= 0.3 is 6.18 Å². The van der Waals surface area contributed by atoms with E-state index in [4.69, 9.17) is 5.26 Å². The van der Waals surface area contributed by atoms with Crippen LogP contribution in [-0.2, 0) is 9.59 Å². The lowest BCUT2D eigenvalue weighted by molar-refractivity contribution is -0.124. The van der Waals surface area contributed by atoms with Crippen molar-refractivity contribution in [1.29, 1.82) is 5.26 Å². The maximum atomic E-state index is 15.9. The predicted octanol–water partition coefficient (Wildman–Crippen LogP) is 5.02. The largest absolute Gasteiger partial charge is 0.414 e. The van der Waals surface area contributed by atoms with Crippen molar-refractivity contribution >= 4 is 51.4 Å². The van der Waals surface area contributed by atoms with Crippen molar-refractivity contribution in [1.82, 2.24) is 9.88 Å². The van der Waals surface area contributed by atoms with Crippen LogP contribution in [0, 0.1) is 23.1 Å². The number of halogens is 4. The van der Waals surface area contributed by atoms with E-state index in [9.17, 15) is 22.8 Å². The van der Waals surface area contributed by atoms with Crippen molar-refractivity contribution in [2.45, 2.75) is 44.9 Å². The standard InChI is InChI=1S/C30H31F4N7O2S/c1-17-15-41(16-18(2)39(17)3)26-11-24(31)21(19-5-4-7-40(8-6-19)29-37-13-20(12-35)44-29)9-25(26)38-28(43)22-14-36-27(42)10-23(22)30(32,33)34/h5,9-11,13-14,17-18,22H,4,6-8,15-16H2,1-3H3,(H,38,43)/t17-,18+,22?. The third-order valence-corrected chi connectivity index (χ3v) is 9.24. The molecular weight excluding hydrogens is 598 g/mol. The highest BCUT2D eigenvalue weighted by atomic mass is 32.1. The number of aromatic nitrogens is 1. The molecule has 44 heavy (non-hydrogen) atoms. The van der Waals surface area contributed by atoms with E-state index in [2.05, 4.69) is 26.3 Å². The molecule has 1 aromatic heterocycles. The molecule has 4 heterocycles. The number of thiazole rings is 1. The predicted molar refractivity (Wildman–Crippen MR) is 161 cm³/mol. The number of piperazine rings is 1. The number of carbonyl (C=O) groups excluding carboxylic acids is 2. The third-order valence-electron chi connectivity index (χ3n) is 8.28. The number of likely N-dealkylation sites (N-methyl/N-ethyl adjacent to an activating group) is 1. The first-order valence-electron chi connectivity index (χ1n) is 14.1. The Morgan fingerprint density at radius 3 is 2.55 bits per heavy atom. The van der Waals surface area contributed by atoms with Crippen LogP contribution in [0.15, 0.2) is 41.0 Å². The third kappa shape index (κ3) is 6.53. The number of dihydropyridines is 1. The zero-order valence-electron chi connectivity index (χ0n) is 24.4. The Morgan fingerprint density at radius 2 is 1.89 bits per heavy atom. The number of rotatable bonds is 5. The van der Waals surface area contributed by atoms with Crippen LogP contribution in [0.3, 0.4) is 0 Å². The Kier molecular flexibility index (Phi) is 8.90. The molecule has 2 amide bonds. The Bertz CT molecular complexity index is 1580. The molecular formula is C30H31F4N7O2S. The number of amides is 2. The molecule has 9 nitrogen and oxygen atoms in total. The van der Waals surface area contributed by atoms with Crippen LogP contribution < -0.4 is 15.1 Å². The molecule has 14 heteroatoms. The van der Waals surface area contributed by atoms with E-state index in [-0.39, 0.29) is 23.3 Å². The van der Waals surface area contributed by atoms with Crippen LogP contribution in [0.1, 0.15) is 37.1 Å². The molecule has 0 radical (unpaired) electrons. The molecule has 1 fully saturated rings. The minimum absolute atomic E-state index is 0.0873. The maximum absolute atomic E-state index is 15.9. The van der Waals surface area contributed by atoms with E-state index in [1.165, 1.54) is 29.7 Å². The van der Waals surface area contributed by atoms with Crippen LogP contribution >= 0.6 is 11.3 Å². The number of nitrogens with one attached hydrogen (secondary N) is 1. The quantitative estimate of drug-likeness (QED) is 0.463. The molecule has 1 N–H and O–H groups in total. The van der Waals surface area contributed by atoms with Gasteiger partial charge in [-0.2, -0.15) is 18.4 Å². The highest BCUT2D eigenvalue weighted by molar-refractivity contribution is 7.16. The van der Waals surface area contributed by atoms with Gasteiger partial charge in [0.2, 0.25) is 5.91 Å². The second kappa shape index (κ2) is 12.5. The second-order valence-electron chi connectivity index (χ2n) is 11.2. The summed E-state index contributed by atoms with van der Waals surface area (Å²) in [6, 6.07) is 5.07. The van der Waals surface area contributed by atoms with E-state index in [1.54, 1.807) is 0 Å². The van der Waals surface area contributed by atoms with Crippen molar-refractivity contribution in [2.75, 3.05) is 48.3 Å². The number of aliphatic imine (C=N–C) groups is 1. The van der Waals surface area contributed by atoms with Gasteiger partial charge in [0.05, 0.1) is 23.1 Å². The summed E-state index contributed by atoms with van der Waals surface area (Å²) in [5, 5.41) is 12.5. The number of hydrogen-bond donors (Lipinski definition) is 1. The fourth-order valence-electron chi connectivity index (χ4n) is 5.70. The highest BCUT2D eigenvalue weighted by Crippen LogP contribution is 2.38. The molecule has 1 saturated heterocycles. The van der Waals surface area contributed by atoms with Gasteiger partial charge in [-0.1, -0.05) is 17.4 Å². The average Bonchev–Trinajstić information content (AvgIpc) is 3.33. The summed E-state index contributed by atoms with van der Waals surface area (Å²) in [7, 11) is 1.99. The molecule has 0 saturated carbocycles. The first-order chi connectivity index (χ1) is 20.8. The minimum atomic E-state index is -4.92. The monoisotopic (exact) mass is 629 g/mol. The van der Waals surface area contributed by atoms with Gasteiger partial charge in [0, 0.05) is 56.1 Å². The van der Waals surface area contributed by atoms with E-state index in [1.807, 2.05) is 36.8 Å². The SMILES string of the molecule is C[C@@H]1CN(c2cc(F)c(C3=CCCN(c4ncc(C#N)s4)CC3)cc2NC(=O)C2C=NC(=O)C=C2C(F)(F)F)C[C@H](C)N1C. The molecule has 0 spiro atoms. The van der Waals surface area contributed by atoms with Crippen molar-refractivity contribution < 1.29 is 27.2 Å². The first kappa shape index (κ1) is 31.3. The molecule has 3 atom stereocenters. The lowest BCUT2D eigenvalue weighted by Crippen LogP contribution is -2.55. The minimum Gasteiger partial charge on any atom is -0.367 e. The number of hydrogen-bond acceptors (Lipinski definition) is 8. The maximum Gasteiger partial charge on any atom is 0.414 e. The van der Waals surface area contributed by atoms with E-state index >= 15 is 4.39 Å². The number of alkyl halides is 3. The van der Waals surface area contributed by atoms with Crippen molar-refractivity contribution in [2.24, 2.45) is 10.9 Å². The van der Waals surface area contributed by atoms with Gasteiger partial charge in [0.1, 0.15) is 22.7 Å². The topological polar surface area (TPSA) is 105 Å². The molecule has 2 aromatic rings. The van der Waals surface area contributed by atoms with E-state index in [0.717, 1.165) is 0 Å². The number of anilines is 3. The molecule has 0 aliphatic carbocycles. The Hall–Kier alpha value is -4.09. The zero-order chi connectivity index (χ0) is 31.8. The molecule has 232 valence electrons. The molecule has 0 bridgehead atoms. The number of benzene rings is 1. The summed E-state index contributed by atoms with van der Waals surface area (Å²) >= 11 is 1.28. The molecule has 3 aliphatic rings. The fraction of sp³-hybridized carbons (Fsp3) is 0.433. The first-order valence-corrected chi connectivity index (χ1v) is 15.0. The van der Waals surface area contributed by atoms with Crippen LogP contribution in [0.4, 0.5) is 34.1 Å². The Labute approximate surface area is 256 Å². The van der Waals surface area contributed by atoms with Gasteiger partial charge in [0.15, 0.2) is 5.13 Å². The van der Waals surface area contributed by atoms with Crippen molar-refractivity contribution in [3.05, 3.63) is 52.3 Å². The molecule has 5 rings (SSSR count). The summed E-state index contributed by atoms with van der Waals surface area (Å²) in [5.74, 6) is -4.49. The lowest BCUT2D eigenvalue weighted by atomic mass is 9.95. The lowest BCUT2D eigenvalue weighted by Gasteiger charge is -2.44. The summed E-state index contributed by atoms with van der Waals surface area (Å²) in [6.45, 7) is 6.16. The van der Waals surface area contributed by atoms with Gasteiger partial charge in [0.25, 0.3) is 5.91 Å². The van der Waals surface area contributed by atoms with Crippen LogP contribution in [0.2, 0.25) is 0 Å². The normalized spacial score (nSPS) is 23.1. The molecule has 1 aromatic carbocycles. The van der Waals surface area contributed by atoms with Gasteiger partial charge in [-0.05, 0) is 51.4 Å². The average molecular weight is 630 g/mol. The second-order valence-corrected chi connectivity index (χ2v) is 12.2. The van der Waals surface area contributed by atoms with Gasteiger partial charge in [-0.15, -0.1) is 0 Å². The number of nitriles is 1.